The van der Waals surface area contributed by atoms with Crippen molar-refractivity contribution < 1.29 is 14.3 Å². The summed E-state index contributed by atoms with van der Waals surface area (Å²) < 4.78 is 13.2. The normalized spacial score (nSPS) is 11.8. The first kappa shape index (κ1) is 23.6. The fourth-order valence-electron chi connectivity index (χ4n) is 4.27. The van der Waals surface area contributed by atoms with E-state index in [1.807, 2.05) is 6.07 Å². The van der Waals surface area contributed by atoms with Crippen LogP contribution in [-0.2, 0) is 19.6 Å². The molecule has 1 N–H and O–H groups in total. The van der Waals surface area contributed by atoms with E-state index in [4.69, 9.17) is 9.47 Å². The fourth-order valence-corrected chi connectivity index (χ4v) is 4.27. The number of fused-ring (bicyclic) bond motifs is 2. The van der Waals surface area contributed by atoms with Crippen molar-refractivity contribution in [1.29, 1.82) is 5.26 Å². The van der Waals surface area contributed by atoms with E-state index in [1.54, 1.807) is 48.5 Å². The molecule has 0 bridgehead atoms. The van der Waals surface area contributed by atoms with Gasteiger partial charge in [0.15, 0.2) is 11.5 Å². The van der Waals surface area contributed by atoms with Crippen molar-refractivity contribution in [3.63, 3.8) is 0 Å². The molecule has 1 aromatic heterocycles. The highest BCUT2D eigenvalue weighted by Gasteiger charge is 2.17. The second-order valence-corrected chi connectivity index (χ2v) is 8.44. The van der Waals surface area contributed by atoms with Gasteiger partial charge in [0.05, 0.1) is 29.1 Å². The summed E-state index contributed by atoms with van der Waals surface area (Å²) in [5.74, 6) is 0.906. The SMILES string of the molecule is C=CCn1c(=O)c2ccc(C(=O)NCc3ccc4c(c3)OCO4)cc2n(Cc2ccccc2C#N)c1=O. The van der Waals surface area contributed by atoms with Gasteiger partial charge in [-0.2, -0.15) is 5.26 Å². The number of benzene rings is 3. The van der Waals surface area contributed by atoms with Crippen molar-refractivity contribution in [2.24, 2.45) is 0 Å². The number of hydrogen-bond donors (Lipinski definition) is 1. The number of allylic oxidation sites excluding steroid dienone is 1. The number of amides is 1. The van der Waals surface area contributed by atoms with Crippen LogP contribution in [0.4, 0.5) is 0 Å². The molecule has 9 heteroatoms. The molecule has 184 valence electrons. The van der Waals surface area contributed by atoms with Gasteiger partial charge in [0.2, 0.25) is 6.79 Å². The molecule has 1 aliphatic rings. The standard InChI is InChI=1S/C28H22N4O5/c1-2-11-31-27(34)22-9-8-19(26(33)30-15-18-7-10-24-25(12-18)37-17-36-24)13-23(22)32(28(31)35)16-21-6-4-3-5-20(21)14-29/h2-10,12-13H,1,11,15-17H2,(H,30,33). The highest BCUT2D eigenvalue weighted by molar-refractivity contribution is 5.97. The molecule has 1 aliphatic heterocycles. The minimum atomic E-state index is -0.553. The van der Waals surface area contributed by atoms with Crippen LogP contribution in [0, 0.1) is 11.3 Å². The summed E-state index contributed by atoms with van der Waals surface area (Å²) in [6.45, 7) is 4.14. The number of aromatic nitrogens is 2. The van der Waals surface area contributed by atoms with Crippen LogP contribution in [0.1, 0.15) is 27.0 Å². The van der Waals surface area contributed by atoms with E-state index in [1.165, 1.54) is 16.7 Å². The van der Waals surface area contributed by atoms with Crippen molar-refractivity contribution in [2.75, 3.05) is 6.79 Å². The first-order chi connectivity index (χ1) is 18.0. The molecule has 0 fully saturated rings. The molecule has 0 saturated heterocycles. The number of ether oxygens (including phenoxy) is 2. The third kappa shape index (κ3) is 4.48. The third-order valence-electron chi connectivity index (χ3n) is 6.16. The minimum Gasteiger partial charge on any atom is -0.454 e. The molecule has 0 unspecified atom stereocenters. The zero-order valence-electron chi connectivity index (χ0n) is 19.8. The third-order valence-corrected chi connectivity index (χ3v) is 6.16. The Balaban J connectivity index is 1.53. The molecule has 0 saturated carbocycles. The van der Waals surface area contributed by atoms with Crippen LogP contribution in [-0.4, -0.2) is 21.8 Å². The van der Waals surface area contributed by atoms with Crippen LogP contribution < -0.4 is 26.0 Å². The van der Waals surface area contributed by atoms with E-state index < -0.39 is 11.2 Å². The van der Waals surface area contributed by atoms with Crippen LogP contribution in [0.15, 0.2) is 82.9 Å². The predicted molar refractivity (Wildman–Crippen MR) is 137 cm³/mol. The van der Waals surface area contributed by atoms with Gasteiger partial charge in [-0.25, -0.2) is 4.79 Å². The van der Waals surface area contributed by atoms with Crippen molar-refractivity contribution in [3.8, 4) is 17.6 Å². The lowest BCUT2D eigenvalue weighted by atomic mass is 10.1. The number of rotatable bonds is 7. The van der Waals surface area contributed by atoms with Gasteiger partial charge in [0, 0.05) is 18.7 Å². The lowest BCUT2D eigenvalue weighted by Gasteiger charge is -2.15. The topological polar surface area (TPSA) is 115 Å². The van der Waals surface area contributed by atoms with E-state index >= 15 is 0 Å². The summed E-state index contributed by atoms with van der Waals surface area (Å²) in [6, 6.07) is 19.1. The molecule has 3 aromatic carbocycles. The highest BCUT2D eigenvalue weighted by Crippen LogP contribution is 2.32. The molecule has 0 spiro atoms. The summed E-state index contributed by atoms with van der Waals surface area (Å²) in [5.41, 5.74) is 1.43. The maximum absolute atomic E-state index is 13.4. The van der Waals surface area contributed by atoms with Gasteiger partial charge in [0.25, 0.3) is 11.5 Å². The smallest absolute Gasteiger partial charge is 0.332 e. The second-order valence-electron chi connectivity index (χ2n) is 8.44. The number of carbonyl (C=O) groups is 1. The molecule has 1 amide bonds. The molecule has 0 aliphatic carbocycles. The van der Waals surface area contributed by atoms with E-state index in [2.05, 4.69) is 18.0 Å². The lowest BCUT2D eigenvalue weighted by molar-refractivity contribution is 0.0951. The zero-order valence-corrected chi connectivity index (χ0v) is 19.8. The molecule has 9 nitrogen and oxygen atoms in total. The van der Waals surface area contributed by atoms with Gasteiger partial charge >= 0.3 is 5.69 Å². The van der Waals surface area contributed by atoms with Gasteiger partial charge in [-0.05, 0) is 47.5 Å². The first-order valence-corrected chi connectivity index (χ1v) is 11.5. The average Bonchev–Trinajstić information content (AvgIpc) is 3.40. The largest absolute Gasteiger partial charge is 0.454 e. The van der Waals surface area contributed by atoms with Gasteiger partial charge in [-0.15, -0.1) is 6.58 Å². The van der Waals surface area contributed by atoms with Crippen LogP contribution >= 0.6 is 0 Å². The van der Waals surface area contributed by atoms with Crippen molar-refractivity contribution in [1.82, 2.24) is 14.5 Å². The molecule has 0 radical (unpaired) electrons. The van der Waals surface area contributed by atoms with E-state index in [9.17, 15) is 19.6 Å². The van der Waals surface area contributed by atoms with Gasteiger partial charge in [-0.1, -0.05) is 30.3 Å². The molecule has 2 heterocycles. The molecule has 37 heavy (non-hydrogen) atoms. The Kier molecular flexibility index (Phi) is 6.31. The molecule has 5 rings (SSSR count). The minimum absolute atomic E-state index is 0.0330. The molecular formula is C28H22N4O5. The first-order valence-electron chi connectivity index (χ1n) is 11.5. The summed E-state index contributed by atoms with van der Waals surface area (Å²) in [6.07, 6.45) is 1.47. The van der Waals surface area contributed by atoms with Crippen LogP contribution in [0.25, 0.3) is 10.9 Å². The number of nitrogens with one attached hydrogen (secondary N) is 1. The van der Waals surface area contributed by atoms with E-state index in [0.29, 0.717) is 28.1 Å². The monoisotopic (exact) mass is 494 g/mol. The van der Waals surface area contributed by atoms with E-state index in [0.717, 1.165) is 10.1 Å². The van der Waals surface area contributed by atoms with Crippen LogP contribution in [0.2, 0.25) is 0 Å². The Bertz CT molecular complexity index is 1710. The fraction of sp³-hybridized carbons (Fsp3) is 0.143. The maximum atomic E-state index is 13.4. The molecule has 0 atom stereocenters. The maximum Gasteiger partial charge on any atom is 0.332 e. The Hall–Kier alpha value is -5.10. The van der Waals surface area contributed by atoms with Gasteiger partial charge in [-0.3, -0.25) is 18.7 Å². The zero-order chi connectivity index (χ0) is 25.9. The summed E-state index contributed by atoms with van der Waals surface area (Å²) in [5, 5.41) is 12.6. The lowest BCUT2D eigenvalue weighted by Crippen LogP contribution is -2.40. The number of nitrogens with zero attached hydrogens (tertiary/aromatic N) is 3. The highest BCUT2D eigenvalue weighted by atomic mass is 16.7. The summed E-state index contributed by atoms with van der Waals surface area (Å²) >= 11 is 0. The Morgan fingerprint density at radius 1 is 1.05 bits per heavy atom. The number of hydrogen-bond acceptors (Lipinski definition) is 6. The second kappa shape index (κ2) is 9.87. The van der Waals surface area contributed by atoms with Crippen molar-refractivity contribution in [2.45, 2.75) is 19.6 Å². The van der Waals surface area contributed by atoms with Crippen LogP contribution in [0.3, 0.4) is 0 Å². The van der Waals surface area contributed by atoms with Gasteiger partial charge in [0.1, 0.15) is 0 Å². The van der Waals surface area contributed by atoms with Gasteiger partial charge < -0.3 is 14.8 Å². The summed E-state index contributed by atoms with van der Waals surface area (Å²) in [4.78, 5) is 39.4. The Labute approximate surface area is 211 Å². The van der Waals surface area contributed by atoms with Crippen molar-refractivity contribution in [3.05, 3.63) is 116 Å². The predicted octanol–water partition coefficient (Wildman–Crippen LogP) is 2.93. The molecule has 4 aromatic rings. The number of nitriles is 1. The Morgan fingerprint density at radius 3 is 2.68 bits per heavy atom. The average molecular weight is 495 g/mol. The Morgan fingerprint density at radius 2 is 1.86 bits per heavy atom. The quantitative estimate of drug-likeness (QED) is 0.395. The van der Waals surface area contributed by atoms with Crippen LogP contribution in [0.5, 0.6) is 11.5 Å². The summed E-state index contributed by atoms with van der Waals surface area (Å²) in [7, 11) is 0. The number of carbonyl (C=O) groups excluding carboxylic acids is 1. The van der Waals surface area contributed by atoms with E-state index in [-0.39, 0.29) is 43.3 Å². The molecular weight excluding hydrogens is 472 g/mol. The van der Waals surface area contributed by atoms with Crippen molar-refractivity contribution >= 4 is 16.8 Å².